The minimum absolute atomic E-state index is 0.0222. The van der Waals surface area contributed by atoms with E-state index in [9.17, 15) is 9.18 Å². The predicted molar refractivity (Wildman–Crippen MR) is 122 cm³/mol. The summed E-state index contributed by atoms with van der Waals surface area (Å²) in [6, 6.07) is 3.69. The minimum atomic E-state index is -0.468. The van der Waals surface area contributed by atoms with Crippen molar-refractivity contribution in [2.24, 2.45) is 5.92 Å². The van der Waals surface area contributed by atoms with E-state index in [2.05, 4.69) is 13.0 Å². The molecule has 4 heterocycles. The number of ether oxygens (including phenoxy) is 1. The molecular weight excluding hydrogens is 417 g/mol. The molecule has 2 spiro atoms. The fourth-order valence-electron chi connectivity index (χ4n) is 7.26. The van der Waals surface area contributed by atoms with E-state index in [-0.39, 0.29) is 35.2 Å². The maximum atomic E-state index is 14.9. The third kappa shape index (κ3) is 1.95. The van der Waals surface area contributed by atoms with Gasteiger partial charge in [0.05, 0.1) is 34.4 Å². The van der Waals surface area contributed by atoms with E-state index in [1.165, 1.54) is 5.56 Å². The van der Waals surface area contributed by atoms with Crippen molar-refractivity contribution in [3.05, 3.63) is 61.7 Å². The molecule has 1 N–H and O–H groups in total. The van der Waals surface area contributed by atoms with Crippen LogP contribution in [0.2, 0.25) is 0 Å². The fourth-order valence-corrected chi connectivity index (χ4v) is 7.26. The second-order valence-electron chi connectivity index (χ2n) is 11.0. The van der Waals surface area contributed by atoms with Crippen LogP contribution in [0.1, 0.15) is 66.0 Å². The molecule has 2 aromatic heterocycles. The Morgan fingerprint density at radius 3 is 2.73 bits per heavy atom. The monoisotopic (exact) mass is 441 g/mol. The van der Waals surface area contributed by atoms with Crippen LogP contribution in [0.25, 0.3) is 22.3 Å². The molecule has 5 nitrogen and oxygen atoms in total. The zero-order valence-corrected chi connectivity index (χ0v) is 18.8. The standard InChI is InChI=1S/C27H24FN3O2/c1-12-9-27(12)17-7-20-23-15(10-31(20)24(32)16(17)11-33-25(27)29)22-21-14(3-4-26(22)5-6-26)13(2)18(28)8-19(21)30-23/h7-8,12,29H,3-6,9-11H2,1-2H3. The summed E-state index contributed by atoms with van der Waals surface area (Å²) < 4.78 is 22.4. The minimum Gasteiger partial charge on any atom is -0.475 e. The van der Waals surface area contributed by atoms with Gasteiger partial charge >= 0.3 is 0 Å². The average molecular weight is 442 g/mol. The fraction of sp³-hybridized carbons (Fsp3) is 0.444. The lowest BCUT2D eigenvalue weighted by Gasteiger charge is -2.29. The molecule has 2 aliphatic heterocycles. The second kappa shape index (κ2) is 5.37. The molecule has 6 heteroatoms. The highest BCUT2D eigenvalue weighted by molar-refractivity contribution is 5.95. The Balaban J connectivity index is 1.47. The van der Waals surface area contributed by atoms with Gasteiger partial charge in [-0.05, 0) is 78.7 Å². The van der Waals surface area contributed by atoms with Crippen LogP contribution in [0.4, 0.5) is 4.39 Å². The van der Waals surface area contributed by atoms with E-state index >= 15 is 0 Å². The number of halogens is 1. The van der Waals surface area contributed by atoms with Crippen molar-refractivity contribution >= 4 is 16.8 Å². The van der Waals surface area contributed by atoms with Gasteiger partial charge in [-0.25, -0.2) is 9.37 Å². The zero-order valence-electron chi connectivity index (χ0n) is 18.8. The summed E-state index contributed by atoms with van der Waals surface area (Å²) in [7, 11) is 0. The van der Waals surface area contributed by atoms with Gasteiger partial charge in [0, 0.05) is 17.0 Å². The normalized spacial score (nSPS) is 26.9. The third-order valence-electron chi connectivity index (χ3n) is 9.45. The van der Waals surface area contributed by atoms with E-state index in [0.29, 0.717) is 12.1 Å². The van der Waals surface area contributed by atoms with Gasteiger partial charge in [-0.15, -0.1) is 0 Å². The van der Waals surface area contributed by atoms with Gasteiger partial charge in [0.1, 0.15) is 12.4 Å². The molecule has 2 atom stereocenters. The predicted octanol–water partition coefficient (Wildman–Crippen LogP) is 4.64. The van der Waals surface area contributed by atoms with Crippen LogP contribution in [-0.2, 0) is 35.1 Å². The molecule has 8 rings (SSSR count). The van der Waals surface area contributed by atoms with Crippen LogP contribution in [0.15, 0.2) is 16.9 Å². The number of fused-ring (bicyclic) bond motifs is 7. The van der Waals surface area contributed by atoms with Gasteiger partial charge in [0.2, 0.25) is 0 Å². The van der Waals surface area contributed by atoms with Gasteiger partial charge in [-0.2, -0.15) is 0 Å². The quantitative estimate of drug-likeness (QED) is 0.432. The van der Waals surface area contributed by atoms with Crippen molar-refractivity contribution in [3.8, 4) is 11.4 Å². The largest absolute Gasteiger partial charge is 0.475 e. The lowest BCUT2D eigenvalue weighted by molar-refractivity contribution is 0.251. The van der Waals surface area contributed by atoms with Crippen molar-refractivity contribution in [2.75, 3.05) is 0 Å². The number of aromatic nitrogens is 2. The summed E-state index contributed by atoms with van der Waals surface area (Å²) in [6.07, 6.45) is 5.09. The topological polar surface area (TPSA) is 68.0 Å². The van der Waals surface area contributed by atoms with Crippen LogP contribution in [0.5, 0.6) is 0 Å². The molecule has 2 saturated carbocycles. The van der Waals surface area contributed by atoms with E-state index in [1.54, 1.807) is 6.07 Å². The van der Waals surface area contributed by atoms with E-state index < -0.39 is 5.41 Å². The van der Waals surface area contributed by atoms with E-state index in [1.807, 2.05) is 11.5 Å². The van der Waals surface area contributed by atoms with E-state index in [0.717, 1.165) is 76.6 Å². The van der Waals surface area contributed by atoms with Crippen LogP contribution in [0, 0.1) is 24.1 Å². The average Bonchev–Trinajstić information content (AvgIpc) is 3.67. The highest BCUT2D eigenvalue weighted by Gasteiger charge is 2.61. The summed E-state index contributed by atoms with van der Waals surface area (Å²) in [5.74, 6) is 0.373. The SMILES string of the molecule is Cc1c(F)cc2nc3c(c4c2c1CCC41CC1)Cn1c-3cc2c(c1=O)COC(=N)C21CC1C. The Labute approximate surface area is 190 Å². The molecule has 0 radical (unpaired) electrons. The maximum Gasteiger partial charge on any atom is 0.258 e. The Kier molecular flexibility index (Phi) is 3.00. The molecular formula is C27H24FN3O2. The van der Waals surface area contributed by atoms with Gasteiger partial charge < -0.3 is 9.30 Å². The number of benzene rings is 1. The molecule has 5 aliphatic rings. The highest BCUT2D eigenvalue weighted by atomic mass is 19.1. The summed E-state index contributed by atoms with van der Waals surface area (Å²) in [5.41, 5.74) is 8.00. The van der Waals surface area contributed by atoms with Crippen LogP contribution in [-0.4, -0.2) is 15.4 Å². The number of hydrogen-bond donors (Lipinski definition) is 1. The molecule has 33 heavy (non-hydrogen) atoms. The summed E-state index contributed by atoms with van der Waals surface area (Å²) >= 11 is 0. The first-order valence-corrected chi connectivity index (χ1v) is 12.0. The third-order valence-corrected chi connectivity index (χ3v) is 9.45. The number of nitrogens with zero attached hydrogens (tertiary/aromatic N) is 2. The van der Waals surface area contributed by atoms with Gasteiger partial charge in [0.15, 0.2) is 5.90 Å². The summed E-state index contributed by atoms with van der Waals surface area (Å²) in [4.78, 5) is 18.7. The molecule has 166 valence electrons. The van der Waals surface area contributed by atoms with Crippen molar-refractivity contribution in [1.82, 2.24) is 9.55 Å². The zero-order chi connectivity index (χ0) is 22.4. The van der Waals surface area contributed by atoms with Crippen molar-refractivity contribution < 1.29 is 9.13 Å². The lowest BCUT2D eigenvalue weighted by Crippen LogP contribution is -2.37. The van der Waals surface area contributed by atoms with Gasteiger partial charge in [-0.3, -0.25) is 10.2 Å². The Morgan fingerprint density at radius 1 is 1.21 bits per heavy atom. The highest BCUT2D eigenvalue weighted by Crippen LogP contribution is 2.61. The molecule has 3 aliphatic carbocycles. The Hall–Kier alpha value is -3.02. The number of rotatable bonds is 0. The van der Waals surface area contributed by atoms with Gasteiger partial charge in [-0.1, -0.05) is 6.92 Å². The molecule has 2 fully saturated rings. The first kappa shape index (κ1) is 18.4. The molecule has 1 aromatic carbocycles. The Morgan fingerprint density at radius 2 is 2.00 bits per heavy atom. The van der Waals surface area contributed by atoms with Crippen LogP contribution >= 0.6 is 0 Å². The van der Waals surface area contributed by atoms with Crippen molar-refractivity contribution in [3.63, 3.8) is 0 Å². The summed E-state index contributed by atoms with van der Waals surface area (Å²) in [5, 5.41) is 9.58. The van der Waals surface area contributed by atoms with Gasteiger partial charge in [0.25, 0.3) is 5.56 Å². The van der Waals surface area contributed by atoms with E-state index in [4.69, 9.17) is 15.1 Å². The molecule has 0 amide bonds. The number of hydrogen-bond acceptors (Lipinski definition) is 4. The number of nitrogens with one attached hydrogen (secondary N) is 1. The first-order valence-electron chi connectivity index (χ1n) is 12.0. The molecule has 0 bridgehead atoms. The number of aryl methyl sites for hydroxylation is 1. The van der Waals surface area contributed by atoms with Crippen LogP contribution < -0.4 is 5.56 Å². The maximum absolute atomic E-state index is 14.9. The molecule has 3 aromatic rings. The smallest absolute Gasteiger partial charge is 0.258 e. The first-order chi connectivity index (χ1) is 15.9. The number of pyridine rings is 2. The molecule has 2 unspecified atom stereocenters. The van der Waals surface area contributed by atoms with Crippen molar-refractivity contribution in [2.45, 2.75) is 69.9 Å². The second-order valence-corrected chi connectivity index (χ2v) is 11.0. The molecule has 0 saturated heterocycles. The Bertz CT molecular complexity index is 1560. The van der Waals surface area contributed by atoms with Crippen molar-refractivity contribution in [1.29, 1.82) is 5.41 Å². The lowest BCUT2D eigenvalue weighted by atomic mass is 9.76. The summed E-state index contributed by atoms with van der Waals surface area (Å²) in [6.45, 7) is 4.68. The van der Waals surface area contributed by atoms with Crippen LogP contribution in [0.3, 0.4) is 0 Å².